The first-order valence-electron chi connectivity index (χ1n) is 7.56. The van der Waals surface area contributed by atoms with Gasteiger partial charge >= 0.3 is 18.3 Å². The molecule has 1 rings (SSSR count). The number of nitrogens with one attached hydrogen (secondary N) is 1. The van der Waals surface area contributed by atoms with Gasteiger partial charge in [-0.2, -0.15) is 26.3 Å². The van der Waals surface area contributed by atoms with E-state index in [9.17, 15) is 35.9 Å². The van der Waals surface area contributed by atoms with Gasteiger partial charge in [-0.1, -0.05) is 20.3 Å². The van der Waals surface area contributed by atoms with Crippen LogP contribution in [0.4, 0.5) is 26.3 Å². The zero-order chi connectivity index (χ0) is 20.3. The minimum Gasteiger partial charge on any atom is -0.480 e. The van der Waals surface area contributed by atoms with Gasteiger partial charge in [0.1, 0.15) is 6.04 Å². The minimum atomic E-state index is -5.02. The molecule has 2 atom stereocenters. The van der Waals surface area contributed by atoms with Crippen LogP contribution in [-0.4, -0.2) is 23.0 Å². The van der Waals surface area contributed by atoms with E-state index in [-0.39, 0.29) is 6.07 Å². The summed E-state index contributed by atoms with van der Waals surface area (Å²) in [5.74, 6) is -2.79. The number of halogens is 6. The third-order valence-corrected chi connectivity index (χ3v) is 3.81. The number of benzene rings is 1. The van der Waals surface area contributed by atoms with Crippen LogP contribution >= 0.6 is 0 Å². The van der Waals surface area contributed by atoms with Crippen molar-refractivity contribution in [3.05, 3.63) is 34.9 Å². The van der Waals surface area contributed by atoms with Gasteiger partial charge in [0.05, 0.1) is 17.5 Å². The monoisotopic (exact) mass is 385 g/mol. The van der Waals surface area contributed by atoms with E-state index in [2.05, 4.69) is 5.32 Å². The van der Waals surface area contributed by atoms with Crippen molar-refractivity contribution in [2.75, 3.05) is 0 Å². The molecule has 0 bridgehead atoms. The van der Waals surface area contributed by atoms with E-state index < -0.39 is 59.3 Å². The highest BCUT2D eigenvalue weighted by atomic mass is 19.4. The molecule has 0 aliphatic carbocycles. The van der Waals surface area contributed by atoms with Crippen molar-refractivity contribution in [3.8, 4) is 0 Å². The van der Waals surface area contributed by atoms with E-state index in [4.69, 9.17) is 5.11 Å². The average molecular weight is 385 g/mol. The van der Waals surface area contributed by atoms with Gasteiger partial charge in [-0.3, -0.25) is 4.79 Å². The highest BCUT2D eigenvalue weighted by molar-refractivity contribution is 5.85. The first kappa shape index (κ1) is 21.8. The SMILES string of the molecule is CC[C@H](C)[C@@H](NC(=O)Cc1cc(C(F)(F)F)cc(C(F)(F)F)c1)C(=O)O. The standard InChI is InChI=1S/C16H17F6NO3/c1-3-8(2)13(14(25)26)23-12(24)6-9-4-10(15(17,18)19)7-11(5-9)16(20,21)22/h4-5,7-8,13H,3,6H2,1-2H3,(H,23,24)(H,25,26)/t8-,13+/m0/s1. The Labute approximate surface area is 145 Å². The van der Waals surface area contributed by atoms with Crippen LogP contribution in [0, 0.1) is 5.92 Å². The summed E-state index contributed by atoms with van der Waals surface area (Å²) in [6, 6.07) is -0.456. The Morgan fingerprint density at radius 3 is 1.85 bits per heavy atom. The summed E-state index contributed by atoms with van der Waals surface area (Å²) >= 11 is 0. The van der Waals surface area contributed by atoms with Gasteiger partial charge in [-0.05, 0) is 29.7 Å². The molecule has 0 aliphatic rings. The summed E-state index contributed by atoms with van der Waals surface area (Å²) < 4.78 is 76.8. The smallest absolute Gasteiger partial charge is 0.416 e. The number of alkyl halides is 6. The van der Waals surface area contributed by atoms with E-state index in [1.807, 2.05) is 0 Å². The fourth-order valence-corrected chi connectivity index (χ4v) is 2.21. The molecule has 2 N–H and O–H groups in total. The molecule has 0 unspecified atom stereocenters. The fraction of sp³-hybridized carbons (Fsp3) is 0.500. The molecule has 0 saturated carbocycles. The van der Waals surface area contributed by atoms with Gasteiger partial charge in [0.2, 0.25) is 5.91 Å². The van der Waals surface area contributed by atoms with Crippen LogP contribution < -0.4 is 5.32 Å². The summed E-state index contributed by atoms with van der Waals surface area (Å²) in [7, 11) is 0. The topological polar surface area (TPSA) is 66.4 Å². The number of carbonyl (C=O) groups excluding carboxylic acids is 1. The highest BCUT2D eigenvalue weighted by Gasteiger charge is 2.37. The van der Waals surface area contributed by atoms with Crippen molar-refractivity contribution in [1.29, 1.82) is 0 Å². The number of hydrogen-bond acceptors (Lipinski definition) is 2. The largest absolute Gasteiger partial charge is 0.480 e. The summed E-state index contributed by atoms with van der Waals surface area (Å²) in [5.41, 5.74) is -3.59. The third-order valence-electron chi connectivity index (χ3n) is 3.81. The fourth-order valence-electron chi connectivity index (χ4n) is 2.21. The van der Waals surface area contributed by atoms with Crippen molar-refractivity contribution in [2.45, 2.75) is 45.1 Å². The molecule has 0 radical (unpaired) electrons. The van der Waals surface area contributed by atoms with Crippen molar-refractivity contribution < 1.29 is 41.0 Å². The molecule has 0 aromatic heterocycles. The maximum atomic E-state index is 12.8. The molecule has 0 spiro atoms. The molecule has 0 aliphatic heterocycles. The Hall–Kier alpha value is -2.26. The van der Waals surface area contributed by atoms with Crippen LogP contribution in [0.15, 0.2) is 18.2 Å². The summed E-state index contributed by atoms with van der Waals surface area (Å²) in [6.07, 6.45) is -10.5. The van der Waals surface area contributed by atoms with Crippen LogP contribution in [0.25, 0.3) is 0 Å². The van der Waals surface area contributed by atoms with E-state index in [1.54, 1.807) is 13.8 Å². The second-order valence-electron chi connectivity index (χ2n) is 5.86. The van der Waals surface area contributed by atoms with Crippen LogP contribution in [0.1, 0.15) is 37.0 Å². The zero-order valence-corrected chi connectivity index (χ0v) is 13.8. The van der Waals surface area contributed by atoms with E-state index in [0.29, 0.717) is 18.6 Å². The second-order valence-corrected chi connectivity index (χ2v) is 5.86. The lowest BCUT2D eigenvalue weighted by atomic mass is 9.98. The molecule has 1 aromatic carbocycles. The van der Waals surface area contributed by atoms with Crippen molar-refractivity contribution in [3.63, 3.8) is 0 Å². The number of carboxylic acids is 1. The van der Waals surface area contributed by atoms with Crippen molar-refractivity contribution >= 4 is 11.9 Å². The van der Waals surface area contributed by atoms with E-state index in [1.165, 1.54) is 0 Å². The number of carbonyl (C=O) groups is 2. The minimum absolute atomic E-state index is 0.0411. The van der Waals surface area contributed by atoms with Gasteiger partial charge in [0.25, 0.3) is 0 Å². The molecule has 4 nitrogen and oxygen atoms in total. The Morgan fingerprint density at radius 2 is 1.50 bits per heavy atom. The number of amides is 1. The molecule has 10 heteroatoms. The third kappa shape index (κ3) is 5.92. The van der Waals surface area contributed by atoms with Crippen LogP contribution in [-0.2, 0) is 28.4 Å². The molecule has 1 aromatic rings. The Morgan fingerprint density at radius 1 is 1.04 bits per heavy atom. The normalized spacial score (nSPS) is 14.6. The lowest BCUT2D eigenvalue weighted by Gasteiger charge is -2.20. The summed E-state index contributed by atoms with van der Waals surface area (Å²) in [6.45, 7) is 3.22. The molecule has 1 amide bonds. The van der Waals surface area contributed by atoms with Crippen LogP contribution in [0.2, 0.25) is 0 Å². The quantitative estimate of drug-likeness (QED) is 0.731. The first-order valence-corrected chi connectivity index (χ1v) is 7.56. The second kappa shape index (κ2) is 7.96. The number of hydrogen-bond donors (Lipinski definition) is 2. The van der Waals surface area contributed by atoms with Gasteiger partial charge in [0.15, 0.2) is 0 Å². The molecule has 146 valence electrons. The van der Waals surface area contributed by atoms with Crippen molar-refractivity contribution in [1.82, 2.24) is 5.32 Å². The maximum Gasteiger partial charge on any atom is 0.416 e. The number of rotatable bonds is 6. The van der Waals surface area contributed by atoms with Gasteiger partial charge in [-0.25, -0.2) is 4.79 Å². The number of carboxylic acid groups (broad SMARTS) is 1. The van der Waals surface area contributed by atoms with Crippen LogP contribution in [0.5, 0.6) is 0 Å². The molecule has 0 heterocycles. The summed E-state index contributed by atoms with van der Waals surface area (Å²) in [5, 5.41) is 11.2. The Kier molecular flexibility index (Phi) is 6.67. The predicted molar refractivity (Wildman–Crippen MR) is 79.2 cm³/mol. The highest BCUT2D eigenvalue weighted by Crippen LogP contribution is 2.36. The molecular weight excluding hydrogens is 368 g/mol. The number of aliphatic carboxylic acids is 1. The van der Waals surface area contributed by atoms with E-state index >= 15 is 0 Å². The van der Waals surface area contributed by atoms with Gasteiger partial charge < -0.3 is 10.4 Å². The average Bonchev–Trinajstić information content (AvgIpc) is 2.49. The zero-order valence-electron chi connectivity index (χ0n) is 13.8. The molecule has 26 heavy (non-hydrogen) atoms. The van der Waals surface area contributed by atoms with Crippen LogP contribution in [0.3, 0.4) is 0 Å². The van der Waals surface area contributed by atoms with Gasteiger partial charge in [-0.15, -0.1) is 0 Å². The lowest BCUT2D eigenvalue weighted by molar-refractivity contribution is -0.143. The van der Waals surface area contributed by atoms with Gasteiger partial charge in [0, 0.05) is 0 Å². The Bertz CT molecular complexity index is 637. The van der Waals surface area contributed by atoms with Crippen molar-refractivity contribution in [2.24, 2.45) is 5.92 Å². The maximum absolute atomic E-state index is 12.8. The molecule has 0 saturated heterocycles. The van der Waals surface area contributed by atoms with E-state index in [0.717, 1.165) is 0 Å². The lowest BCUT2D eigenvalue weighted by Crippen LogP contribution is -2.45. The molecular formula is C16H17F6NO3. The first-order chi connectivity index (χ1) is 11.8. The molecule has 0 fully saturated rings. The predicted octanol–water partition coefficient (Wildman–Crippen LogP) is 3.88. The Balaban J connectivity index is 3.11. The summed E-state index contributed by atoms with van der Waals surface area (Å²) in [4.78, 5) is 23.1.